The number of fused-ring (bicyclic) bond motifs is 8. The van der Waals surface area contributed by atoms with Gasteiger partial charge in [0.25, 0.3) is 5.56 Å². The Bertz CT molecular complexity index is 3050. The van der Waals surface area contributed by atoms with Crippen LogP contribution in [0.15, 0.2) is 139 Å². The summed E-state index contributed by atoms with van der Waals surface area (Å²) in [7, 11) is 0. The van der Waals surface area contributed by atoms with E-state index in [-0.39, 0.29) is 5.56 Å². The highest BCUT2D eigenvalue weighted by atomic mass is 16.1. The number of para-hydroxylation sites is 3. The fourth-order valence-electron chi connectivity index (χ4n) is 9.46. The van der Waals surface area contributed by atoms with Crippen LogP contribution < -0.4 is 10.8 Å². The van der Waals surface area contributed by atoms with E-state index in [1.165, 1.54) is 43.7 Å². The van der Waals surface area contributed by atoms with Crippen molar-refractivity contribution in [2.24, 2.45) is 0 Å². The van der Waals surface area contributed by atoms with Crippen LogP contribution in [0, 0.1) is 0 Å². The predicted molar refractivity (Wildman–Crippen MR) is 199 cm³/mol. The first kappa shape index (κ1) is 25.9. The molecule has 0 radical (unpaired) electrons. The van der Waals surface area contributed by atoms with Crippen LogP contribution in [0.25, 0.3) is 78.0 Å². The summed E-state index contributed by atoms with van der Waals surface area (Å²) < 4.78 is 4.49. The number of pyridine rings is 1. The molecular formula is C45H28N2O. The predicted octanol–water partition coefficient (Wildman–Crippen LogP) is 9.54. The van der Waals surface area contributed by atoms with Crippen molar-refractivity contribution in [3.8, 4) is 16.8 Å². The number of aromatic nitrogens is 2. The molecule has 3 heteroatoms. The van der Waals surface area contributed by atoms with Crippen molar-refractivity contribution < 1.29 is 0 Å². The van der Waals surface area contributed by atoms with E-state index in [9.17, 15) is 4.79 Å². The zero-order valence-electron chi connectivity index (χ0n) is 26.3. The summed E-state index contributed by atoms with van der Waals surface area (Å²) in [5, 5.41) is 6.47. The van der Waals surface area contributed by atoms with Gasteiger partial charge < -0.3 is 4.40 Å². The van der Waals surface area contributed by atoms with Crippen LogP contribution in [0.3, 0.4) is 0 Å². The Balaban J connectivity index is 1.46. The molecule has 0 aliphatic carbocycles. The number of hydrogen-bond acceptors (Lipinski definition) is 1. The molecule has 1 atom stereocenters. The quantitative estimate of drug-likeness (QED) is 0.179. The molecule has 0 saturated heterocycles. The zero-order chi connectivity index (χ0) is 31.9. The molecule has 0 saturated carbocycles. The Labute approximate surface area is 275 Å². The summed E-state index contributed by atoms with van der Waals surface area (Å²) in [6.07, 6.45) is 4.27. The van der Waals surface area contributed by atoms with Crippen LogP contribution in [0.2, 0.25) is 0 Å². The maximum atomic E-state index is 14.7. The van der Waals surface area contributed by atoms with Crippen LogP contribution in [-0.2, 0) is 5.41 Å². The molecule has 3 aromatic heterocycles. The fourth-order valence-corrected chi connectivity index (χ4v) is 9.46. The molecule has 0 amide bonds. The van der Waals surface area contributed by atoms with E-state index in [1.807, 2.05) is 28.8 Å². The lowest BCUT2D eigenvalue weighted by Crippen LogP contribution is -2.40. The van der Waals surface area contributed by atoms with E-state index in [4.69, 9.17) is 0 Å². The van der Waals surface area contributed by atoms with E-state index in [2.05, 4.69) is 133 Å². The largest absolute Gasteiger partial charge is 0.307 e. The number of hydrogen-bond donors (Lipinski definition) is 0. The van der Waals surface area contributed by atoms with Gasteiger partial charge in [-0.05, 0) is 63.9 Å². The minimum Gasteiger partial charge on any atom is -0.307 e. The van der Waals surface area contributed by atoms with Gasteiger partial charge in [-0.25, -0.2) is 0 Å². The lowest BCUT2D eigenvalue weighted by atomic mass is 9.61. The normalized spacial score (nSPS) is 16.4. The fraction of sp³-hybridized carbons (Fsp3) is 0.0444. The van der Waals surface area contributed by atoms with Gasteiger partial charge in [0.1, 0.15) is 0 Å². The standard InChI is InChI=1S/C45H28N2O/c1-3-28-31-17-10-21-36-42(31)47-40(28)29(4-2)32-18-11-22-37(43(32)47)45(36)35-20-12-19-33-30-15-8-9-16-34(30)44(48)46(41(33)35)39-24-23-27(25-38(39)45)26-13-6-5-7-14-26/h3-25H,1H2,2H3/b29-4-. The van der Waals surface area contributed by atoms with Crippen molar-refractivity contribution in [2.45, 2.75) is 12.3 Å². The highest BCUT2D eigenvalue weighted by Crippen LogP contribution is 2.58. The maximum absolute atomic E-state index is 14.7. The first-order valence-electron chi connectivity index (χ1n) is 16.6. The molecule has 6 aromatic carbocycles. The molecule has 1 unspecified atom stereocenters. The van der Waals surface area contributed by atoms with E-state index in [1.54, 1.807) is 0 Å². The Hall–Kier alpha value is -6.19. The third kappa shape index (κ3) is 2.74. The summed E-state index contributed by atoms with van der Waals surface area (Å²) >= 11 is 0. The van der Waals surface area contributed by atoms with E-state index >= 15 is 0 Å². The SMILES string of the molecule is C=Cc1c2cccc3c2n2c1/c(=C\C)c1cccc(c12)C31c2cc(-c3ccccc3)ccc2-n2c(=O)c3ccccc3c3cccc1c32. The van der Waals surface area contributed by atoms with Gasteiger partial charge in [0.2, 0.25) is 0 Å². The summed E-state index contributed by atoms with van der Waals surface area (Å²) in [6, 6.07) is 45.5. The van der Waals surface area contributed by atoms with E-state index < -0.39 is 5.41 Å². The molecule has 48 heavy (non-hydrogen) atoms. The van der Waals surface area contributed by atoms with Crippen LogP contribution in [0.1, 0.15) is 34.7 Å². The Morgan fingerprint density at radius 2 is 1.19 bits per heavy atom. The Morgan fingerprint density at radius 1 is 0.562 bits per heavy atom. The number of benzene rings is 6. The van der Waals surface area contributed by atoms with Gasteiger partial charge in [-0.1, -0.05) is 128 Å². The van der Waals surface area contributed by atoms with Crippen molar-refractivity contribution >= 4 is 61.1 Å². The Kier molecular flexibility index (Phi) is 4.75. The molecule has 0 N–H and O–H groups in total. The van der Waals surface area contributed by atoms with Crippen LogP contribution in [0.4, 0.5) is 0 Å². The Morgan fingerprint density at radius 3 is 1.92 bits per heavy atom. The van der Waals surface area contributed by atoms with Gasteiger partial charge in [0.15, 0.2) is 0 Å². The molecule has 2 aliphatic heterocycles. The van der Waals surface area contributed by atoms with Gasteiger partial charge in [-0.2, -0.15) is 0 Å². The van der Waals surface area contributed by atoms with Crippen LogP contribution in [0.5, 0.6) is 0 Å². The van der Waals surface area contributed by atoms with Gasteiger partial charge in [-0.15, -0.1) is 0 Å². The second-order valence-electron chi connectivity index (χ2n) is 13.1. The second kappa shape index (κ2) is 8.78. The molecule has 0 fully saturated rings. The average molecular weight is 613 g/mol. The van der Waals surface area contributed by atoms with Crippen molar-refractivity contribution in [1.82, 2.24) is 8.97 Å². The van der Waals surface area contributed by atoms with Gasteiger partial charge in [0, 0.05) is 32.3 Å². The third-order valence-corrected chi connectivity index (χ3v) is 11.2. The molecule has 9 aromatic rings. The van der Waals surface area contributed by atoms with E-state index in [0.29, 0.717) is 0 Å². The van der Waals surface area contributed by atoms with E-state index in [0.717, 1.165) is 55.2 Å². The number of rotatable bonds is 2. The minimum absolute atomic E-state index is 0.0113. The zero-order valence-corrected chi connectivity index (χ0v) is 26.3. The summed E-state index contributed by atoms with van der Waals surface area (Å²) in [4.78, 5) is 14.7. The first-order valence-corrected chi connectivity index (χ1v) is 16.6. The summed E-state index contributed by atoms with van der Waals surface area (Å²) in [5.74, 6) is 0. The molecule has 3 nitrogen and oxygen atoms in total. The van der Waals surface area contributed by atoms with Crippen LogP contribution in [-0.4, -0.2) is 8.97 Å². The smallest absolute Gasteiger partial charge is 0.263 e. The van der Waals surface area contributed by atoms with Crippen LogP contribution >= 0.6 is 0 Å². The molecule has 5 heterocycles. The highest BCUT2D eigenvalue weighted by molar-refractivity contribution is 6.13. The second-order valence-corrected chi connectivity index (χ2v) is 13.1. The van der Waals surface area contributed by atoms with Gasteiger partial charge in [0.05, 0.1) is 33.2 Å². The topological polar surface area (TPSA) is 26.4 Å². The van der Waals surface area contributed by atoms with Gasteiger partial charge >= 0.3 is 0 Å². The van der Waals surface area contributed by atoms with Crippen molar-refractivity contribution in [3.63, 3.8) is 0 Å². The lowest BCUT2D eigenvalue weighted by Gasteiger charge is -2.44. The van der Waals surface area contributed by atoms with Crippen molar-refractivity contribution in [1.29, 1.82) is 0 Å². The maximum Gasteiger partial charge on any atom is 0.263 e. The average Bonchev–Trinajstić information content (AvgIpc) is 3.65. The van der Waals surface area contributed by atoms with Crippen molar-refractivity contribution in [2.75, 3.05) is 0 Å². The van der Waals surface area contributed by atoms with Gasteiger partial charge in [-0.3, -0.25) is 9.36 Å². The molecular weight excluding hydrogens is 585 g/mol. The lowest BCUT2D eigenvalue weighted by molar-refractivity contribution is 0.722. The molecule has 11 rings (SSSR count). The molecule has 224 valence electrons. The minimum atomic E-state index is -0.702. The third-order valence-electron chi connectivity index (χ3n) is 11.2. The first-order chi connectivity index (χ1) is 23.7. The monoisotopic (exact) mass is 612 g/mol. The highest BCUT2D eigenvalue weighted by Gasteiger charge is 2.50. The summed E-state index contributed by atoms with van der Waals surface area (Å²) in [6.45, 7) is 6.45. The molecule has 1 spiro atoms. The molecule has 2 aliphatic rings. The number of nitrogens with zero attached hydrogens (tertiary/aromatic N) is 2. The summed E-state index contributed by atoms with van der Waals surface area (Å²) in [5.41, 5.74) is 13.0. The van der Waals surface area contributed by atoms with Crippen molar-refractivity contribution in [3.05, 3.63) is 177 Å². The molecule has 0 bridgehead atoms.